The molecule has 120 valence electrons. The van der Waals surface area contributed by atoms with Gasteiger partial charge in [0.05, 0.1) is 33.0 Å². The number of nitrogens with one attached hydrogen (secondary N) is 1. The lowest BCUT2D eigenvalue weighted by molar-refractivity contribution is 0.0146. The molecule has 0 aromatic heterocycles. The third-order valence-electron chi connectivity index (χ3n) is 3.92. The first-order chi connectivity index (χ1) is 9.67. The van der Waals surface area contributed by atoms with Crippen molar-refractivity contribution in [3.05, 3.63) is 0 Å². The molecule has 0 amide bonds. The Balaban J connectivity index is 1.67. The van der Waals surface area contributed by atoms with Crippen molar-refractivity contribution in [1.29, 1.82) is 0 Å². The Kier molecular flexibility index (Phi) is 9.44. The van der Waals surface area contributed by atoms with Crippen molar-refractivity contribution in [2.45, 2.75) is 40.0 Å². The SMILES string of the molecule is CCCCOCCOCCOCCNCC1CC1(C)C. The van der Waals surface area contributed by atoms with Gasteiger partial charge in [-0.2, -0.15) is 0 Å². The van der Waals surface area contributed by atoms with Crippen LogP contribution in [0.15, 0.2) is 0 Å². The van der Waals surface area contributed by atoms with Gasteiger partial charge in [0.1, 0.15) is 0 Å². The van der Waals surface area contributed by atoms with Gasteiger partial charge >= 0.3 is 0 Å². The molecule has 1 saturated carbocycles. The largest absolute Gasteiger partial charge is 0.379 e. The zero-order valence-electron chi connectivity index (χ0n) is 13.6. The molecule has 4 heteroatoms. The lowest BCUT2D eigenvalue weighted by Gasteiger charge is -2.08. The van der Waals surface area contributed by atoms with Crippen LogP contribution in [0, 0.1) is 11.3 Å². The Morgan fingerprint density at radius 2 is 1.50 bits per heavy atom. The maximum Gasteiger partial charge on any atom is 0.0701 e. The van der Waals surface area contributed by atoms with Crippen LogP contribution in [0.5, 0.6) is 0 Å². The first-order valence-electron chi connectivity index (χ1n) is 8.10. The van der Waals surface area contributed by atoms with Gasteiger partial charge in [0, 0.05) is 13.2 Å². The highest BCUT2D eigenvalue weighted by Crippen LogP contribution is 2.50. The lowest BCUT2D eigenvalue weighted by atomic mass is 10.1. The van der Waals surface area contributed by atoms with E-state index in [-0.39, 0.29) is 0 Å². The van der Waals surface area contributed by atoms with Gasteiger partial charge in [-0.15, -0.1) is 0 Å². The van der Waals surface area contributed by atoms with E-state index in [1.807, 2.05) is 0 Å². The monoisotopic (exact) mass is 287 g/mol. The topological polar surface area (TPSA) is 39.7 Å². The first kappa shape index (κ1) is 17.9. The molecule has 0 radical (unpaired) electrons. The Hall–Kier alpha value is -0.160. The minimum Gasteiger partial charge on any atom is -0.379 e. The third-order valence-corrected chi connectivity index (χ3v) is 3.92. The van der Waals surface area contributed by atoms with E-state index in [4.69, 9.17) is 14.2 Å². The van der Waals surface area contributed by atoms with Crippen molar-refractivity contribution < 1.29 is 14.2 Å². The zero-order chi connectivity index (χ0) is 14.7. The van der Waals surface area contributed by atoms with Crippen LogP contribution in [-0.4, -0.2) is 52.7 Å². The van der Waals surface area contributed by atoms with E-state index in [2.05, 4.69) is 26.1 Å². The molecular formula is C16H33NO3. The van der Waals surface area contributed by atoms with Gasteiger partial charge in [-0.3, -0.25) is 0 Å². The molecule has 1 aliphatic rings. The van der Waals surface area contributed by atoms with Gasteiger partial charge in [0.15, 0.2) is 0 Å². The van der Waals surface area contributed by atoms with Crippen molar-refractivity contribution >= 4 is 0 Å². The maximum absolute atomic E-state index is 5.50. The highest BCUT2D eigenvalue weighted by molar-refractivity contribution is 4.95. The fourth-order valence-corrected chi connectivity index (χ4v) is 2.13. The predicted molar refractivity (Wildman–Crippen MR) is 82.1 cm³/mol. The summed E-state index contributed by atoms with van der Waals surface area (Å²) in [6, 6.07) is 0. The number of rotatable bonds is 14. The molecule has 1 atom stereocenters. The van der Waals surface area contributed by atoms with E-state index in [9.17, 15) is 0 Å². The molecule has 1 fully saturated rings. The van der Waals surface area contributed by atoms with Crippen LogP contribution in [0.1, 0.15) is 40.0 Å². The zero-order valence-corrected chi connectivity index (χ0v) is 13.6. The quantitative estimate of drug-likeness (QED) is 0.498. The van der Waals surface area contributed by atoms with E-state index in [1.54, 1.807) is 0 Å². The summed E-state index contributed by atoms with van der Waals surface area (Å²) >= 11 is 0. The molecule has 1 rings (SSSR count). The number of hydrogen-bond acceptors (Lipinski definition) is 4. The van der Waals surface area contributed by atoms with Crippen molar-refractivity contribution in [2.75, 3.05) is 52.7 Å². The number of hydrogen-bond donors (Lipinski definition) is 1. The van der Waals surface area contributed by atoms with Crippen LogP contribution in [-0.2, 0) is 14.2 Å². The maximum atomic E-state index is 5.50. The predicted octanol–water partition coefficient (Wildman–Crippen LogP) is 2.47. The summed E-state index contributed by atoms with van der Waals surface area (Å²) in [7, 11) is 0. The van der Waals surface area contributed by atoms with Crippen LogP contribution in [0.3, 0.4) is 0 Å². The van der Waals surface area contributed by atoms with Gasteiger partial charge in [-0.25, -0.2) is 0 Å². The molecular weight excluding hydrogens is 254 g/mol. The summed E-state index contributed by atoms with van der Waals surface area (Å²) in [5, 5.41) is 3.45. The molecule has 4 nitrogen and oxygen atoms in total. The summed E-state index contributed by atoms with van der Waals surface area (Å²) in [5.41, 5.74) is 0.570. The molecule has 0 spiro atoms. The summed E-state index contributed by atoms with van der Waals surface area (Å²) in [6.07, 6.45) is 3.67. The van der Waals surface area contributed by atoms with Crippen LogP contribution in [0.4, 0.5) is 0 Å². The van der Waals surface area contributed by atoms with E-state index < -0.39 is 0 Å². The van der Waals surface area contributed by atoms with Crippen molar-refractivity contribution in [3.8, 4) is 0 Å². The fourth-order valence-electron chi connectivity index (χ4n) is 2.13. The molecule has 1 aliphatic carbocycles. The van der Waals surface area contributed by atoms with Crippen LogP contribution in [0.2, 0.25) is 0 Å². The lowest BCUT2D eigenvalue weighted by Crippen LogP contribution is -2.24. The van der Waals surface area contributed by atoms with Gasteiger partial charge in [0.25, 0.3) is 0 Å². The van der Waals surface area contributed by atoms with Crippen molar-refractivity contribution in [3.63, 3.8) is 0 Å². The van der Waals surface area contributed by atoms with Crippen LogP contribution >= 0.6 is 0 Å². The Morgan fingerprint density at radius 1 is 0.950 bits per heavy atom. The third kappa shape index (κ3) is 8.90. The average molecular weight is 287 g/mol. The van der Waals surface area contributed by atoms with E-state index in [0.29, 0.717) is 31.8 Å². The highest BCUT2D eigenvalue weighted by Gasteiger charge is 2.44. The molecule has 0 aromatic carbocycles. The smallest absolute Gasteiger partial charge is 0.0701 e. The second kappa shape index (κ2) is 10.6. The molecule has 0 saturated heterocycles. The Labute approximate surface area is 124 Å². The van der Waals surface area contributed by atoms with Gasteiger partial charge in [0.2, 0.25) is 0 Å². The van der Waals surface area contributed by atoms with E-state index in [0.717, 1.165) is 38.6 Å². The summed E-state index contributed by atoms with van der Waals surface area (Å²) in [6.45, 7) is 13.2. The minimum atomic E-state index is 0.570. The summed E-state index contributed by atoms with van der Waals surface area (Å²) < 4.78 is 16.3. The van der Waals surface area contributed by atoms with Crippen molar-refractivity contribution in [1.82, 2.24) is 5.32 Å². The number of ether oxygens (including phenoxy) is 3. The number of unbranched alkanes of at least 4 members (excludes halogenated alkanes) is 1. The second-order valence-corrected chi connectivity index (χ2v) is 6.28. The van der Waals surface area contributed by atoms with Gasteiger partial charge < -0.3 is 19.5 Å². The standard InChI is InChI=1S/C16H33NO3/c1-4-5-7-18-9-11-20-12-10-19-8-6-17-14-15-13-16(15,2)3/h15,17H,4-14H2,1-3H3. The highest BCUT2D eigenvalue weighted by atomic mass is 16.5. The van der Waals surface area contributed by atoms with Gasteiger partial charge in [-0.05, 0) is 30.7 Å². The molecule has 0 aliphatic heterocycles. The molecule has 1 unspecified atom stereocenters. The molecule has 0 bridgehead atoms. The molecule has 0 heterocycles. The fraction of sp³-hybridized carbons (Fsp3) is 1.00. The summed E-state index contributed by atoms with van der Waals surface area (Å²) in [4.78, 5) is 0. The van der Waals surface area contributed by atoms with Gasteiger partial charge in [-0.1, -0.05) is 27.2 Å². The molecule has 0 aromatic rings. The van der Waals surface area contributed by atoms with E-state index >= 15 is 0 Å². The second-order valence-electron chi connectivity index (χ2n) is 6.28. The normalized spacial score (nSPS) is 20.2. The Bertz CT molecular complexity index is 234. The van der Waals surface area contributed by atoms with E-state index in [1.165, 1.54) is 12.8 Å². The Morgan fingerprint density at radius 3 is 2.05 bits per heavy atom. The average Bonchev–Trinajstić information content (AvgIpc) is 3.02. The minimum absolute atomic E-state index is 0.570. The van der Waals surface area contributed by atoms with Crippen molar-refractivity contribution in [2.24, 2.45) is 11.3 Å². The first-order valence-corrected chi connectivity index (χ1v) is 8.10. The summed E-state index contributed by atoms with van der Waals surface area (Å²) in [5.74, 6) is 0.860. The van der Waals surface area contributed by atoms with Crippen LogP contribution < -0.4 is 5.32 Å². The molecule has 20 heavy (non-hydrogen) atoms. The van der Waals surface area contributed by atoms with Crippen LogP contribution in [0.25, 0.3) is 0 Å². The molecule has 1 N–H and O–H groups in total.